The topological polar surface area (TPSA) is 64.3 Å². The second-order valence-electron chi connectivity index (χ2n) is 4.82. The van der Waals surface area contributed by atoms with E-state index >= 15 is 0 Å². The maximum absolute atomic E-state index is 5.59. The first-order valence-corrected chi connectivity index (χ1v) is 7.22. The number of rotatable bonds is 7. The highest BCUT2D eigenvalue weighted by Gasteiger charge is 2.06. The molecule has 0 unspecified atom stereocenters. The molecule has 0 aliphatic rings. The van der Waals surface area contributed by atoms with Crippen molar-refractivity contribution in [2.75, 3.05) is 31.6 Å². The number of hydrogen-bond acceptors (Lipinski definition) is 5. The van der Waals surface area contributed by atoms with E-state index in [0.717, 1.165) is 36.6 Å². The maximum atomic E-state index is 5.59. The minimum absolute atomic E-state index is 0.577. The van der Waals surface area contributed by atoms with Crippen LogP contribution in [0.5, 0.6) is 5.75 Å². The van der Waals surface area contributed by atoms with Gasteiger partial charge in [0.25, 0.3) is 0 Å². The van der Waals surface area contributed by atoms with Gasteiger partial charge >= 0.3 is 0 Å². The average molecular weight is 286 g/mol. The number of nitrogens with two attached hydrogens (primary N) is 1. The molecule has 1 aromatic heterocycles. The monoisotopic (exact) mass is 286 g/mol. The molecule has 0 aliphatic carbocycles. The molecule has 1 heterocycles. The van der Waals surface area contributed by atoms with Crippen LogP contribution in [0.15, 0.2) is 36.5 Å². The second kappa shape index (κ2) is 7.59. The molecule has 2 rings (SSSR count). The fourth-order valence-corrected chi connectivity index (χ4v) is 1.93. The van der Waals surface area contributed by atoms with Crippen molar-refractivity contribution in [3.8, 4) is 17.0 Å². The van der Waals surface area contributed by atoms with Crippen molar-refractivity contribution in [1.29, 1.82) is 0 Å². The van der Waals surface area contributed by atoms with Crippen LogP contribution in [0.2, 0.25) is 0 Å². The summed E-state index contributed by atoms with van der Waals surface area (Å²) in [6, 6.07) is 9.87. The predicted molar refractivity (Wildman–Crippen MR) is 85.6 cm³/mol. The van der Waals surface area contributed by atoms with Crippen LogP contribution in [-0.4, -0.2) is 36.7 Å². The molecule has 0 bridgehead atoms. The molecule has 5 nitrogen and oxygen atoms in total. The molecule has 0 saturated carbocycles. The van der Waals surface area contributed by atoms with E-state index in [1.807, 2.05) is 42.3 Å². The average Bonchev–Trinajstić information content (AvgIpc) is 2.54. The molecule has 0 amide bonds. The van der Waals surface area contributed by atoms with Gasteiger partial charge in [0.05, 0.1) is 12.3 Å². The van der Waals surface area contributed by atoms with Crippen LogP contribution >= 0.6 is 0 Å². The number of anilines is 1. The Bertz CT molecular complexity index is 556. The van der Waals surface area contributed by atoms with E-state index in [0.29, 0.717) is 12.5 Å². The lowest BCUT2D eigenvalue weighted by atomic mass is 10.1. The Kier molecular flexibility index (Phi) is 5.51. The lowest BCUT2D eigenvalue weighted by Gasteiger charge is -2.16. The van der Waals surface area contributed by atoms with Crippen LogP contribution in [0.3, 0.4) is 0 Å². The molecule has 112 valence electrons. The second-order valence-corrected chi connectivity index (χ2v) is 4.82. The summed E-state index contributed by atoms with van der Waals surface area (Å²) in [6.07, 6.45) is 2.77. The summed E-state index contributed by atoms with van der Waals surface area (Å²) in [5.41, 5.74) is 7.50. The minimum atomic E-state index is 0.577. The largest absolute Gasteiger partial charge is 0.494 e. The molecule has 0 fully saturated rings. The molecular formula is C16H22N4O. The Hall–Kier alpha value is -2.14. The van der Waals surface area contributed by atoms with Gasteiger partial charge in [-0.25, -0.2) is 9.97 Å². The molecule has 2 N–H and O–H groups in total. The number of benzene rings is 1. The maximum Gasteiger partial charge on any atom is 0.225 e. The van der Waals surface area contributed by atoms with Crippen molar-refractivity contribution < 1.29 is 4.74 Å². The van der Waals surface area contributed by atoms with E-state index in [4.69, 9.17) is 10.5 Å². The third-order valence-corrected chi connectivity index (χ3v) is 3.07. The Morgan fingerprint density at radius 3 is 2.62 bits per heavy atom. The van der Waals surface area contributed by atoms with Gasteiger partial charge in [0.15, 0.2) is 0 Å². The molecule has 1 aromatic carbocycles. The van der Waals surface area contributed by atoms with E-state index in [2.05, 4.69) is 16.9 Å². The van der Waals surface area contributed by atoms with Gasteiger partial charge in [0, 0.05) is 31.9 Å². The van der Waals surface area contributed by atoms with Gasteiger partial charge in [-0.15, -0.1) is 0 Å². The van der Waals surface area contributed by atoms with E-state index in [9.17, 15) is 0 Å². The van der Waals surface area contributed by atoms with Crippen LogP contribution in [-0.2, 0) is 0 Å². The van der Waals surface area contributed by atoms with Crippen molar-refractivity contribution in [2.45, 2.75) is 13.3 Å². The van der Waals surface area contributed by atoms with Gasteiger partial charge < -0.3 is 15.4 Å². The number of nitrogens with zero attached hydrogens (tertiary/aromatic N) is 3. The molecule has 5 heteroatoms. The molecule has 21 heavy (non-hydrogen) atoms. The van der Waals surface area contributed by atoms with Gasteiger partial charge in [-0.1, -0.05) is 6.92 Å². The summed E-state index contributed by atoms with van der Waals surface area (Å²) in [7, 11) is 1.94. The van der Waals surface area contributed by atoms with Crippen molar-refractivity contribution in [3.05, 3.63) is 36.5 Å². The normalized spacial score (nSPS) is 10.4. The zero-order valence-electron chi connectivity index (χ0n) is 12.6. The molecule has 0 spiro atoms. The Balaban J connectivity index is 2.16. The third kappa shape index (κ3) is 4.16. The summed E-state index contributed by atoms with van der Waals surface area (Å²) in [4.78, 5) is 10.8. The van der Waals surface area contributed by atoms with Crippen LogP contribution in [0.4, 0.5) is 5.95 Å². The highest BCUT2D eigenvalue weighted by Crippen LogP contribution is 2.21. The van der Waals surface area contributed by atoms with Crippen LogP contribution in [0, 0.1) is 0 Å². The highest BCUT2D eigenvalue weighted by atomic mass is 16.5. The zero-order chi connectivity index (χ0) is 15.1. The van der Waals surface area contributed by atoms with E-state index < -0.39 is 0 Å². The van der Waals surface area contributed by atoms with Gasteiger partial charge in [0.1, 0.15) is 5.75 Å². The quantitative estimate of drug-likeness (QED) is 0.846. The van der Waals surface area contributed by atoms with E-state index in [1.54, 1.807) is 6.20 Å². The first-order valence-electron chi connectivity index (χ1n) is 7.22. The molecule has 0 atom stereocenters. The fraction of sp³-hybridized carbons (Fsp3) is 0.375. The van der Waals surface area contributed by atoms with Crippen molar-refractivity contribution in [1.82, 2.24) is 9.97 Å². The summed E-state index contributed by atoms with van der Waals surface area (Å²) in [5, 5.41) is 0. The van der Waals surface area contributed by atoms with Crippen LogP contribution < -0.4 is 15.4 Å². The van der Waals surface area contributed by atoms with Gasteiger partial charge in [0.2, 0.25) is 5.95 Å². The number of ether oxygens (including phenoxy) is 1. The molecule has 0 radical (unpaired) electrons. The van der Waals surface area contributed by atoms with Gasteiger partial charge in [-0.05, 0) is 36.8 Å². The molecule has 0 aliphatic heterocycles. The van der Waals surface area contributed by atoms with Crippen molar-refractivity contribution in [2.24, 2.45) is 5.73 Å². The van der Waals surface area contributed by atoms with E-state index in [-0.39, 0.29) is 0 Å². The molecule has 0 saturated heterocycles. The summed E-state index contributed by atoms with van der Waals surface area (Å²) in [6.45, 7) is 4.14. The number of aromatic nitrogens is 2. The van der Waals surface area contributed by atoms with Gasteiger partial charge in [-0.2, -0.15) is 0 Å². The fourth-order valence-electron chi connectivity index (χ4n) is 1.93. The smallest absolute Gasteiger partial charge is 0.225 e. The van der Waals surface area contributed by atoms with Crippen LogP contribution in [0.25, 0.3) is 11.3 Å². The first kappa shape index (κ1) is 15.3. The summed E-state index contributed by atoms with van der Waals surface area (Å²) in [5.74, 6) is 1.57. The number of hydrogen-bond donors (Lipinski definition) is 1. The zero-order valence-corrected chi connectivity index (χ0v) is 12.6. The molecule has 2 aromatic rings. The molecular weight excluding hydrogens is 264 g/mol. The number of likely N-dealkylation sites (N-methyl/N-ethyl adjacent to an activating group) is 1. The highest BCUT2D eigenvalue weighted by molar-refractivity contribution is 5.61. The third-order valence-electron chi connectivity index (χ3n) is 3.07. The Morgan fingerprint density at radius 1 is 1.19 bits per heavy atom. The lowest BCUT2D eigenvalue weighted by Crippen LogP contribution is -2.26. The summed E-state index contributed by atoms with van der Waals surface area (Å²) >= 11 is 0. The summed E-state index contributed by atoms with van der Waals surface area (Å²) < 4.78 is 5.59. The minimum Gasteiger partial charge on any atom is -0.494 e. The standard InChI is InChI=1S/C16H22N4O/c1-3-12-21-14-6-4-13(5-7-14)15-8-10-18-16(19-15)20(2)11-9-17/h4-8,10H,3,9,11-12,17H2,1-2H3. The predicted octanol–water partition coefficient (Wildman–Crippen LogP) is 2.33. The van der Waals surface area contributed by atoms with Gasteiger partial charge in [-0.3, -0.25) is 0 Å². The van der Waals surface area contributed by atoms with Crippen LogP contribution in [0.1, 0.15) is 13.3 Å². The van der Waals surface area contributed by atoms with E-state index in [1.165, 1.54) is 0 Å². The Labute approximate surface area is 125 Å². The first-order chi connectivity index (χ1) is 10.2. The Morgan fingerprint density at radius 2 is 1.95 bits per heavy atom. The SMILES string of the molecule is CCCOc1ccc(-c2ccnc(N(C)CCN)n2)cc1. The van der Waals surface area contributed by atoms with Crippen molar-refractivity contribution >= 4 is 5.95 Å². The van der Waals surface area contributed by atoms with Crippen molar-refractivity contribution in [3.63, 3.8) is 0 Å². The lowest BCUT2D eigenvalue weighted by molar-refractivity contribution is 0.317.